The summed E-state index contributed by atoms with van der Waals surface area (Å²) >= 11 is 0. The predicted octanol–water partition coefficient (Wildman–Crippen LogP) is 2.10. The van der Waals surface area contributed by atoms with Crippen molar-refractivity contribution in [1.29, 1.82) is 0 Å². The molecule has 0 aliphatic rings. The predicted molar refractivity (Wildman–Crippen MR) is 44.3 cm³/mol. The lowest BCUT2D eigenvalue weighted by Crippen LogP contribution is -1.99. The van der Waals surface area contributed by atoms with E-state index in [0.29, 0.717) is 5.92 Å². The molecule has 1 rings (SSSR count). The Balaban J connectivity index is 2.56. The molecule has 0 fully saturated rings. The van der Waals surface area contributed by atoms with Gasteiger partial charge in [0.25, 0.3) is 0 Å². The lowest BCUT2D eigenvalue weighted by Gasteiger charge is -2.08. The van der Waals surface area contributed by atoms with Crippen molar-refractivity contribution >= 4 is 0 Å². The van der Waals surface area contributed by atoms with Crippen LogP contribution in [0.1, 0.15) is 44.9 Å². The van der Waals surface area contributed by atoms with Gasteiger partial charge in [-0.25, -0.2) is 4.98 Å². The molecule has 1 atom stereocenters. The van der Waals surface area contributed by atoms with E-state index in [-0.39, 0.29) is 0 Å². The lowest BCUT2D eigenvalue weighted by atomic mass is 10.0. The van der Waals surface area contributed by atoms with Crippen LogP contribution in [0, 0.1) is 0 Å². The second-order valence-corrected chi connectivity index (χ2v) is 2.76. The van der Waals surface area contributed by atoms with Crippen LogP contribution in [-0.4, -0.2) is 15.2 Å². The number of hydrogen-bond donors (Lipinski definition) is 1. The summed E-state index contributed by atoms with van der Waals surface area (Å²) in [5, 5.41) is 6.75. The second-order valence-electron chi connectivity index (χ2n) is 2.76. The van der Waals surface area contributed by atoms with Gasteiger partial charge in [-0.1, -0.05) is 20.3 Å². The summed E-state index contributed by atoms with van der Waals surface area (Å²) < 4.78 is 0. The summed E-state index contributed by atoms with van der Waals surface area (Å²) in [6, 6.07) is 0. The van der Waals surface area contributed by atoms with Gasteiger partial charge in [-0.15, -0.1) is 0 Å². The molecule has 1 aromatic heterocycles. The van der Waals surface area contributed by atoms with E-state index in [0.717, 1.165) is 12.2 Å². The summed E-state index contributed by atoms with van der Waals surface area (Å²) in [4.78, 5) is 4.14. The van der Waals surface area contributed by atoms with E-state index >= 15 is 0 Å². The molecule has 1 heterocycles. The highest BCUT2D eigenvalue weighted by Gasteiger charge is 2.09. The number of nitrogens with zero attached hydrogens (tertiary/aromatic N) is 2. The number of nitrogens with one attached hydrogen (secondary N) is 1. The van der Waals surface area contributed by atoms with Gasteiger partial charge < -0.3 is 0 Å². The van der Waals surface area contributed by atoms with Crippen LogP contribution in [0.3, 0.4) is 0 Å². The first-order chi connectivity index (χ1) is 5.38. The van der Waals surface area contributed by atoms with Crippen LogP contribution in [0.5, 0.6) is 0 Å². The average Bonchev–Trinajstić information content (AvgIpc) is 2.52. The number of aromatic amines is 1. The largest absolute Gasteiger partial charge is 0.263 e. The molecule has 3 nitrogen and oxygen atoms in total. The molecule has 0 saturated heterocycles. The number of aromatic nitrogens is 3. The smallest absolute Gasteiger partial charge is 0.137 e. The monoisotopic (exact) mass is 153 g/mol. The standard InChI is InChI=1S/C8H15N3/c1-3-5-7(4-2)8-9-6-10-11-8/h6-7H,3-5H2,1-2H3,(H,9,10,11). The van der Waals surface area contributed by atoms with Crippen molar-refractivity contribution in [3.63, 3.8) is 0 Å². The Labute approximate surface area is 67.2 Å². The van der Waals surface area contributed by atoms with E-state index in [1.54, 1.807) is 6.33 Å². The lowest BCUT2D eigenvalue weighted by molar-refractivity contribution is 0.566. The van der Waals surface area contributed by atoms with Gasteiger partial charge in [-0.2, -0.15) is 5.10 Å². The first-order valence-electron chi connectivity index (χ1n) is 4.23. The molecule has 62 valence electrons. The van der Waals surface area contributed by atoms with Crippen LogP contribution in [-0.2, 0) is 0 Å². The van der Waals surface area contributed by atoms with Gasteiger partial charge in [0.05, 0.1) is 0 Å². The van der Waals surface area contributed by atoms with Crippen LogP contribution in [0.2, 0.25) is 0 Å². The van der Waals surface area contributed by atoms with E-state index in [4.69, 9.17) is 0 Å². The molecular formula is C8H15N3. The molecule has 11 heavy (non-hydrogen) atoms. The maximum absolute atomic E-state index is 4.14. The topological polar surface area (TPSA) is 41.6 Å². The van der Waals surface area contributed by atoms with Gasteiger partial charge >= 0.3 is 0 Å². The molecule has 0 aliphatic heterocycles. The SMILES string of the molecule is CCCC(CC)c1ncn[nH]1. The highest BCUT2D eigenvalue weighted by molar-refractivity contribution is 4.91. The minimum absolute atomic E-state index is 0.572. The fourth-order valence-electron chi connectivity index (χ4n) is 1.29. The Morgan fingerprint density at radius 2 is 2.36 bits per heavy atom. The molecule has 3 heteroatoms. The number of H-pyrrole nitrogens is 1. The van der Waals surface area contributed by atoms with Gasteiger partial charge in [0.1, 0.15) is 12.2 Å². The maximum Gasteiger partial charge on any atom is 0.137 e. The van der Waals surface area contributed by atoms with Crippen LogP contribution < -0.4 is 0 Å². The Bertz CT molecular complexity index is 181. The summed E-state index contributed by atoms with van der Waals surface area (Å²) in [7, 11) is 0. The third-order valence-electron chi connectivity index (χ3n) is 1.95. The van der Waals surface area contributed by atoms with Crippen molar-refractivity contribution in [3.8, 4) is 0 Å². The van der Waals surface area contributed by atoms with E-state index in [2.05, 4.69) is 29.0 Å². The van der Waals surface area contributed by atoms with E-state index < -0.39 is 0 Å². The van der Waals surface area contributed by atoms with Gasteiger partial charge in [0, 0.05) is 5.92 Å². The summed E-state index contributed by atoms with van der Waals surface area (Å²) in [5.74, 6) is 1.61. The van der Waals surface area contributed by atoms with Crippen molar-refractivity contribution in [3.05, 3.63) is 12.2 Å². The third kappa shape index (κ3) is 2.03. The normalized spacial score (nSPS) is 13.3. The fraction of sp³-hybridized carbons (Fsp3) is 0.750. The molecule has 0 amide bonds. The van der Waals surface area contributed by atoms with Gasteiger partial charge in [0.2, 0.25) is 0 Å². The Hall–Kier alpha value is -0.860. The minimum atomic E-state index is 0.572. The van der Waals surface area contributed by atoms with Crippen LogP contribution >= 0.6 is 0 Å². The Kier molecular flexibility index (Phi) is 3.08. The molecule has 1 N–H and O–H groups in total. The molecular weight excluding hydrogens is 138 g/mol. The Morgan fingerprint density at radius 1 is 1.55 bits per heavy atom. The quantitative estimate of drug-likeness (QED) is 0.719. The maximum atomic E-state index is 4.14. The highest BCUT2D eigenvalue weighted by atomic mass is 15.2. The van der Waals surface area contributed by atoms with Crippen molar-refractivity contribution in [2.75, 3.05) is 0 Å². The van der Waals surface area contributed by atoms with E-state index in [1.807, 2.05) is 0 Å². The molecule has 0 saturated carbocycles. The van der Waals surface area contributed by atoms with Crippen molar-refractivity contribution in [1.82, 2.24) is 15.2 Å². The van der Waals surface area contributed by atoms with Gasteiger partial charge in [-0.3, -0.25) is 5.10 Å². The summed E-state index contributed by atoms with van der Waals surface area (Å²) in [6.45, 7) is 4.38. The van der Waals surface area contributed by atoms with Crippen LogP contribution in [0.25, 0.3) is 0 Å². The summed E-state index contributed by atoms with van der Waals surface area (Å²) in [5.41, 5.74) is 0. The molecule has 1 unspecified atom stereocenters. The van der Waals surface area contributed by atoms with Crippen molar-refractivity contribution in [2.24, 2.45) is 0 Å². The minimum Gasteiger partial charge on any atom is -0.263 e. The Morgan fingerprint density at radius 3 is 2.82 bits per heavy atom. The second kappa shape index (κ2) is 4.11. The summed E-state index contributed by atoms with van der Waals surface area (Å²) in [6.07, 6.45) is 5.13. The van der Waals surface area contributed by atoms with Crippen molar-refractivity contribution in [2.45, 2.75) is 39.0 Å². The molecule has 0 aromatic carbocycles. The highest BCUT2D eigenvalue weighted by Crippen LogP contribution is 2.19. The van der Waals surface area contributed by atoms with Gasteiger partial charge in [-0.05, 0) is 12.8 Å². The molecule has 0 radical (unpaired) electrons. The van der Waals surface area contributed by atoms with E-state index in [9.17, 15) is 0 Å². The molecule has 1 aromatic rings. The number of hydrogen-bond acceptors (Lipinski definition) is 2. The van der Waals surface area contributed by atoms with Gasteiger partial charge in [0.15, 0.2) is 0 Å². The van der Waals surface area contributed by atoms with E-state index in [1.165, 1.54) is 12.8 Å². The average molecular weight is 153 g/mol. The zero-order chi connectivity index (χ0) is 8.10. The number of rotatable bonds is 4. The van der Waals surface area contributed by atoms with Crippen molar-refractivity contribution < 1.29 is 0 Å². The third-order valence-corrected chi connectivity index (χ3v) is 1.95. The fourth-order valence-corrected chi connectivity index (χ4v) is 1.29. The van der Waals surface area contributed by atoms with Crippen LogP contribution in [0.15, 0.2) is 6.33 Å². The molecule has 0 spiro atoms. The zero-order valence-corrected chi connectivity index (χ0v) is 7.17. The first kappa shape index (κ1) is 8.24. The van der Waals surface area contributed by atoms with Crippen LogP contribution in [0.4, 0.5) is 0 Å². The molecule has 0 bridgehead atoms. The zero-order valence-electron chi connectivity index (χ0n) is 7.17. The molecule has 0 aliphatic carbocycles. The first-order valence-corrected chi connectivity index (χ1v) is 4.23.